The van der Waals surface area contributed by atoms with Crippen molar-refractivity contribution in [3.63, 3.8) is 0 Å². The number of carbonyl (C=O) groups excluding carboxylic acids is 1. The van der Waals surface area contributed by atoms with E-state index in [9.17, 15) is 18.0 Å². The Hall–Kier alpha value is -2.09. The smallest absolute Gasteiger partial charge is 0.292 e. The highest BCUT2D eigenvalue weighted by molar-refractivity contribution is 7.99. The van der Waals surface area contributed by atoms with Crippen LogP contribution in [0.5, 0.6) is 0 Å². The number of hydrogen-bond acceptors (Lipinski definition) is 4. The van der Waals surface area contributed by atoms with Crippen molar-refractivity contribution in [1.82, 2.24) is 9.97 Å². The average Bonchev–Trinajstić information content (AvgIpc) is 2.56. The van der Waals surface area contributed by atoms with Gasteiger partial charge in [0, 0.05) is 23.8 Å². The van der Waals surface area contributed by atoms with Crippen LogP contribution in [0.2, 0.25) is 0 Å². The van der Waals surface area contributed by atoms with Crippen LogP contribution in [0.1, 0.15) is 29.9 Å². The Morgan fingerprint density at radius 2 is 1.96 bits per heavy atom. The molecule has 0 saturated carbocycles. The van der Waals surface area contributed by atoms with E-state index in [0.29, 0.717) is 0 Å². The number of alkyl halides is 3. The van der Waals surface area contributed by atoms with Crippen LogP contribution < -0.4 is 4.90 Å². The Balaban J connectivity index is 2.33. The minimum Gasteiger partial charge on any atom is -0.292 e. The molecule has 0 fully saturated rings. The van der Waals surface area contributed by atoms with Crippen molar-refractivity contribution in [3.05, 3.63) is 47.9 Å². The minimum atomic E-state index is -4.46. The molecule has 0 N–H and O–H groups in total. The third kappa shape index (κ3) is 4.05. The van der Waals surface area contributed by atoms with E-state index in [1.807, 2.05) is 6.92 Å². The Labute approximate surface area is 142 Å². The number of rotatable bonds is 5. The first-order valence-corrected chi connectivity index (χ1v) is 8.30. The Morgan fingerprint density at radius 3 is 2.50 bits per heavy atom. The van der Waals surface area contributed by atoms with Crippen LogP contribution in [0.3, 0.4) is 0 Å². The van der Waals surface area contributed by atoms with E-state index in [0.717, 1.165) is 22.9 Å². The van der Waals surface area contributed by atoms with Gasteiger partial charge < -0.3 is 0 Å². The number of aromatic nitrogens is 2. The number of carbonyl (C=O) groups is 1. The molecule has 0 spiro atoms. The maximum Gasteiger partial charge on any atom is 0.417 e. The fraction of sp³-hybridized carbons (Fsp3) is 0.312. The van der Waals surface area contributed by atoms with Crippen LogP contribution in [0.15, 0.2) is 41.6 Å². The summed E-state index contributed by atoms with van der Waals surface area (Å²) in [6.45, 7) is 3.96. The molecule has 8 heteroatoms. The Morgan fingerprint density at radius 1 is 1.21 bits per heavy atom. The van der Waals surface area contributed by atoms with Gasteiger partial charge in [-0.25, -0.2) is 9.97 Å². The molecule has 1 amide bonds. The zero-order chi connectivity index (χ0) is 17.7. The molecule has 0 bridgehead atoms. The number of amides is 1. The van der Waals surface area contributed by atoms with E-state index in [1.54, 1.807) is 19.1 Å². The summed E-state index contributed by atoms with van der Waals surface area (Å²) in [6.07, 6.45) is -2.22. The van der Waals surface area contributed by atoms with Crippen LogP contribution in [-0.4, -0.2) is 28.2 Å². The van der Waals surface area contributed by atoms with Crippen molar-refractivity contribution in [3.8, 4) is 0 Å². The maximum absolute atomic E-state index is 12.7. The third-order valence-electron chi connectivity index (χ3n) is 3.19. The molecule has 0 unspecified atom stereocenters. The first kappa shape index (κ1) is 18.3. The highest BCUT2D eigenvalue weighted by Gasteiger charge is 2.31. The molecular formula is C16H16F3N3OS. The van der Waals surface area contributed by atoms with Gasteiger partial charge in [-0.15, -0.1) is 11.8 Å². The molecule has 2 aromatic heterocycles. The van der Waals surface area contributed by atoms with E-state index < -0.39 is 11.7 Å². The summed E-state index contributed by atoms with van der Waals surface area (Å²) in [7, 11) is 0. The van der Waals surface area contributed by atoms with Crippen molar-refractivity contribution in [2.24, 2.45) is 0 Å². The summed E-state index contributed by atoms with van der Waals surface area (Å²) in [4.78, 5) is 22.7. The van der Waals surface area contributed by atoms with E-state index in [1.165, 1.54) is 28.9 Å². The van der Waals surface area contributed by atoms with E-state index in [-0.39, 0.29) is 24.0 Å². The molecule has 0 saturated heterocycles. The largest absolute Gasteiger partial charge is 0.417 e. The van der Waals surface area contributed by atoms with Crippen molar-refractivity contribution >= 4 is 23.5 Å². The summed E-state index contributed by atoms with van der Waals surface area (Å²) in [6, 6.07) is 5.64. The normalized spacial score (nSPS) is 11.4. The minimum absolute atomic E-state index is 0.161. The molecule has 24 heavy (non-hydrogen) atoms. The van der Waals surface area contributed by atoms with Gasteiger partial charge in [0.25, 0.3) is 5.91 Å². The first-order valence-electron chi connectivity index (χ1n) is 7.31. The maximum atomic E-state index is 12.7. The second kappa shape index (κ2) is 7.65. The van der Waals surface area contributed by atoms with Crippen molar-refractivity contribution in [2.75, 3.05) is 17.2 Å². The molecule has 2 aromatic rings. The first-order chi connectivity index (χ1) is 11.4. The Kier molecular flexibility index (Phi) is 5.82. The lowest BCUT2D eigenvalue weighted by atomic mass is 10.2. The van der Waals surface area contributed by atoms with Gasteiger partial charge in [0.2, 0.25) is 0 Å². The predicted molar refractivity (Wildman–Crippen MR) is 87.2 cm³/mol. The number of halogens is 3. The molecule has 4 nitrogen and oxygen atoms in total. The second-order valence-electron chi connectivity index (χ2n) is 4.74. The van der Waals surface area contributed by atoms with Crippen LogP contribution >= 0.6 is 11.8 Å². The van der Waals surface area contributed by atoms with Gasteiger partial charge in [0.15, 0.2) is 0 Å². The number of nitrogens with zero attached hydrogens (tertiary/aromatic N) is 3. The molecule has 2 heterocycles. The van der Waals surface area contributed by atoms with Crippen LogP contribution in [0.4, 0.5) is 19.0 Å². The third-order valence-corrected chi connectivity index (χ3v) is 4.12. The topological polar surface area (TPSA) is 46.1 Å². The second-order valence-corrected chi connectivity index (χ2v) is 6.04. The fourth-order valence-electron chi connectivity index (χ4n) is 2.07. The monoisotopic (exact) mass is 355 g/mol. The molecule has 0 radical (unpaired) electrons. The van der Waals surface area contributed by atoms with Crippen molar-refractivity contribution in [2.45, 2.75) is 24.9 Å². The molecular weight excluding hydrogens is 339 g/mol. The molecule has 0 atom stereocenters. The van der Waals surface area contributed by atoms with Gasteiger partial charge in [-0.05, 0) is 36.9 Å². The zero-order valence-corrected chi connectivity index (χ0v) is 14.0. The highest BCUT2D eigenvalue weighted by atomic mass is 32.2. The van der Waals surface area contributed by atoms with Crippen molar-refractivity contribution in [1.29, 1.82) is 0 Å². The summed E-state index contributed by atoms with van der Waals surface area (Å²) in [5, 5.41) is 0. The fourth-order valence-corrected chi connectivity index (χ4v) is 2.84. The lowest BCUT2D eigenvalue weighted by molar-refractivity contribution is -0.137. The standard InChI is InChI=1S/C16H16F3N3OS/c1-3-22(13-8-7-11(10-21-13)16(17,18)19)15(23)14-12(24-4-2)6-5-9-20-14/h5-10H,3-4H2,1-2H3. The molecule has 0 aliphatic heterocycles. The van der Waals surface area contributed by atoms with Crippen LogP contribution in [-0.2, 0) is 6.18 Å². The quantitative estimate of drug-likeness (QED) is 0.751. The number of pyridine rings is 2. The van der Waals surface area contributed by atoms with Gasteiger partial charge in [-0.2, -0.15) is 13.2 Å². The lowest BCUT2D eigenvalue weighted by Crippen LogP contribution is -2.32. The Bertz CT molecular complexity index is 704. The lowest BCUT2D eigenvalue weighted by Gasteiger charge is -2.21. The SMILES string of the molecule is CCSc1cccnc1C(=O)N(CC)c1ccc(C(F)(F)F)cn1. The number of hydrogen-bond donors (Lipinski definition) is 0. The summed E-state index contributed by atoms with van der Waals surface area (Å²) in [5.41, 5.74) is -0.581. The van der Waals surface area contributed by atoms with Gasteiger partial charge in [-0.3, -0.25) is 9.69 Å². The summed E-state index contributed by atoms with van der Waals surface area (Å²) in [5.74, 6) is 0.547. The number of anilines is 1. The highest BCUT2D eigenvalue weighted by Crippen LogP contribution is 2.30. The van der Waals surface area contributed by atoms with Gasteiger partial charge in [0.1, 0.15) is 11.5 Å². The van der Waals surface area contributed by atoms with Crippen LogP contribution in [0, 0.1) is 0 Å². The van der Waals surface area contributed by atoms with E-state index in [2.05, 4.69) is 9.97 Å². The predicted octanol–water partition coefficient (Wildman–Crippen LogP) is 4.27. The molecule has 0 aromatic carbocycles. The van der Waals surface area contributed by atoms with E-state index >= 15 is 0 Å². The molecule has 128 valence electrons. The number of thioether (sulfide) groups is 1. The summed E-state index contributed by atoms with van der Waals surface area (Å²) < 4.78 is 37.9. The molecule has 0 aliphatic rings. The molecule has 2 rings (SSSR count). The van der Waals surface area contributed by atoms with Gasteiger partial charge in [0.05, 0.1) is 5.56 Å². The van der Waals surface area contributed by atoms with E-state index in [4.69, 9.17) is 0 Å². The van der Waals surface area contributed by atoms with Crippen LogP contribution in [0.25, 0.3) is 0 Å². The van der Waals surface area contributed by atoms with Gasteiger partial charge in [-0.1, -0.05) is 6.92 Å². The average molecular weight is 355 g/mol. The summed E-state index contributed by atoms with van der Waals surface area (Å²) >= 11 is 1.48. The molecule has 0 aliphatic carbocycles. The van der Waals surface area contributed by atoms with Crippen molar-refractivity contribution < 1.29 is 18.0 Å². The zero-order valence-electron chi connectivity index (χ0n) is 13.2. The van der Waals surface area contributed by atoms with Gasteiger partial charge >= 0.3 is 6.18 Å².